The molecule has 1 atom stereocenters. The zero-order chi connectivity index (χ0) is 11.8. The minimum Gasteiger partial charge on any atom is -0.376 e. The van der Waals surface area contributed by atoms with E-state index in [9.17, 15) is 0 Å². The summed E-state index contributed by atoms with van der Waals surface area (Å²) in [6, 6.07) is 6.39. The number of ether oxygens (including phenoxy) is 1. The molecule has 2 heterocycles. The molecule has 1 saturated heterocycles. The average Bonchev–Trinajstić information content (AvgIpc) is 2.88. The lowest BCUT2D eigenvalue weighted by atomic mass is 10.2. The van der Waals surface area contributed by atoms with Gasteiger partial charge in [-0.05, 0) is 49.7 Å². The SMILES string of the molecule is Cc1ccc2c(c1)[nH]c(=S)n2CC1CCCO1. The molecule has 3 nitrogen and oxygen atoms in total. The van der Waals surface area contributed by atoms with Crippen LogP contribution in [0.1, 0.15) is 18.4 Å². The molecule has 0 amide bonds. The van der Waals surface area contributed by atoms with Gasteiger partial charge in [0, 0.05) is 6.61 Å². The highest BCUT2D eigenvalue weighted by Gasteiger charge is 2.17. The largest absolute Gasteiger partial charge is 0.376 e. The Morgan fingerprint density at radius 3 is 3.18 bits per heavy atom. The summed E-state index contributed by atoms with van der Waals surface area (Å²) in [6.07, 6.45) is 2.63. The molecule has 1 aliphatic heterocycles. The van der Waals surface area contributed by atoms with E-state index in [0.717, 1.165) is 29.9 Å². The van der Waals surface area contributed by atoms with E-state index < -0.39 is 0 Å². The van der Waals surface area contributed by atoms with Crippen molar-refractivity contribution in [1.82, 2.24) is 9.55 Å². The molecule has 1 aliphatic rings. The van der Waals surface area contributed by atoms with Gasteiger partial charge in [-0.2, -0.15) is 0 Å². The molecule has 0 radical (unpaired) electrons. The molecule has 3 rings (SSSR count). The summed E-state index contributed by atoms with van der Waals surface area (Å²) in [6.45, 7) is 3.84. The second-order valence-electron chi connectivity index (χ2n) is 4.70. The van der Waals surface area contributed by atoms with Crippen LogP contribution in [-0.2, 0) is 11.3 Å². The first-order chi connectivity index (χ1) is 8.24. The topological polar surface area (TPSA) is 29.9 Å². The van der Waals surface area contributed by atoms with Crippen molar-refractivity contribution in [3.8, 4) is 0 Å². The smallest absolute Gasteiger partial charge is 0.178 e. The number of imidazole rings is 1. The van der Waals surface area contributed by atoms with E-state index in [-0.39, 0.29) is 0 Å². The van der Waals surface area contributed by atoms with Crippen molar-refractivity contribution >= 4 is 23.3 Å². The number of nitrogens with one attached hydrogen (secondary N) is 1. The van der Waals surface area contributed by atoms with E-state index in [2.05, 4.69) is 34.7 Å². The highest BCUT2D eigenvalue weighted by molar-refractivity contribution is 7.71. The average molecular weight is 248 g/mol. The highest BCUT2D eigenvalue weighted by atomic mass is 32.1. The molecular formula is C13H16N2OS. The zero-order valence-electron chi connectivity index (χ0n) is 9.90. The number of aromatic amines is 1. The van der Waals surface area contributed by atoms with Crippen LogP contribution in [-0.4, -0.2) is 22.3 Å². The zero-order valence-corrected chi connectivity index (χ0v) is 10.7. The summed E-state index contributed by atoms with van der Waals surface area (Å²) in [4.78, 5) is 3.26. The summed E-state index contributed by atoms with van der Waals surface area (Å²) < 4.78 is 8.62. The number of nitrogens with zero attached hydrogens (tertiary/aromatic N) is 1. The van der Waals surface area contributed by atoms with Crippen molar-refractivity contribution < 1.29 is 4.74 Å². The van der Waals surface area contributed by atoms with Gasteiger partial charge >= 0.3 is 0 Å². The summed E-state index contributed by atoms with van der Waals surface area (Å²) in [5.74, 6) is 0. The lowest BCUT2D eigenvalue weighted by Crippen LogP contribution is -2.14. The van der Waals surface area contributed by atoms with Crippen LogP contribution in [0.3, 0.4) is 0 Å². The monoisotopic (exact) mass is 248 g/mol. The van der Waals surface area contributed by atoms with E-state index in [0.29, 0.717) is 6.10 Å². The van der Waals surface area contributed by atoms with Crippen LogP contribution in [0.15, 0.2) is 18.2 Å². The van der Waals surface area contributed by atoms with Gasteiger partial charge in [-0.15, -0.1) is 0 Å². The van der Waals surface area contributed by atoms with Crippen molar-refractivity contribution in [3.63, 3.8) is 0 Å². The van der Waals surface area contributed by atoms with Crippen molar-refractivity contribution in [2.45, 2.75) is 32.4 Å². The number of rotatable bonds is 2. The van der Waals surface area contributed by atoms with E-state index in [1.54, 1.807) is 0 Å². The number of aromatic nitrogens is 2. The predicted octanol–water partition coefficient (Wildman–Crippen LogP) is 3.19. The first kappa shape index (κ1) is 11.0. The Bertz CT molecular complexity index is 593. The van der Waals surface area contributed by atoms with Gasteiger partial charge in [0.05, 0.1) is 23.7 Å². The first-order valence-electron chi connectivity index (χ1n) is 6.05. The minimum absolute atomic E-state index is 0.321. The third kappa shape index (κ3) is 2.03. The van der Waals surface area contributed by atoms with E-state index in [4.69, 9.17) is 17.0 Å². The Morgan fingerprint density at radius 1 is 1.53 bits per heavy atom. The van der Waals surface area contributed by atoms with Gasteiger partial charge in [-0.1, -0.05) is 6.07 Å². The molecule has 1 unspecified atom stereocenters. The number of H-pyrrole nitrogens is 1. The van der Waals surface area contributed by atoms with Crippen molar-refractivity contribution in [2.24, 2.45) is 0 Å². The Hall–Kier alpha value is -1.13. The van der Waals surface area contributed by atoms with Crippen LogP contribution in [0.2, 0.25) is 0 Å². The minimum atomic E-state index is 0.321. The summed E-state index contributed by atoms with van der Waals surface area (Å²) in [7, 11) is 0. The molecule has 0 spiro atoms. The lowest BCUT2D eigenvalue weighted by Gasteiger charge is -2.11. The maximum Gasteiger partial charge on any atom is 0.178 e. The van der Waals surface area contributed by atoms with Crippen LogP contribution in [0.5, 0.6) is 0 Å². The second kappa shape index (κ2) is 4.27. The fourth-order valence-electron chi connectivity index (χ4n) is 2.45. The number of fused-ring (bicyclic) bond motifs is 1. The maximum atomic E-state index is 5.67. The van der Waals surface area contributed by atoms with Crippen molar-refractivity contribution in [2.75, 3.05) is 6.61 Å². The molecule has 4 heteroatoms. The third-order valence-electron chi connectivity index (χ3n) is 3.34. The first-order valence-corrected chi connectivity index (χ1v) is 6.45. The molecule has 0 bridgehead atoms. The third-order valence-corrected chi connectivity index (χ3v) is 3.66. The number of hydrogen-bond acceptors (Lipinski definition) is 2. The fourth-order valence-corrected chi connectivity index (χ4v) is 2.73. The molecule has 90 valence electrons. The number of aryl methyl sites for hydroxylation is 1. The number of benzene rings is 1. The van der Waals surface area contributed by atoms with Crippen LogP contribution >= 0.6 is 12.2 Å². The number of hydrogen-bond donors (Lipinski definition) is 1. The van der Waals surface area contributed by atoms with Crippen LogP contribution < -0.4 is 0 Å². The highest BCUT2D eigenvalue weighted by Crippen LogP contribution is 2.20. The fraction of sp³-hybridized carbons (Fsp3) is 0.462. The Kier molecular flexibility index (Phi) is 2.76. The van der Waals surface area contributed by atoms with Gasteiger partial charge in [0.25, 0.3) is 0 Å². The molecular weight excluding hydrogens is 232 g/mol. The van der Waals surface area contributed by atoms with Gasteiger partial charge in [0.2, 0.25) is 0 Å². The normalized spacial score (nSPS) is 20.2. The van der Waals surface area contributed by atoms with Crippen LogP contribution in [0.25, 0.3) is 11.0 Å². The van der Waals surface area contributed by atoms with Gasteiger partial charge in [-0.3, -0.25) is 0 Å². The van der Waals surface area contributed by atoms with Gasteiger partial charge in [-0.25, -0.2) is 0 Å². The molecule has 1 fully saturated rings. The second-order valence-corrected chi connectivity index (χ2v) is 5.08. The van der Waals surface area contributed by atoms with Crippen molar-refractivity contribution in [3.05, 3.63) is 28.5 Å². The standard InChI is InChI=1S/C13H16N2OS/c1-9-4-5-12-11(7-9)14-13(17)15(12)8-10-3-2-6-16-10/h4-5,7,10H,2-3,6,8H2,1H3,(H,14,17). The van der Waals surface area contributed by atoms with Gasteiger partial charge < -0.3 is 14.3 Å². The van der Waals surface area contributed by atoms with E-state index in [1.807, 2.05) is 0 Å². The lowest BCUT2D eigenvalue weighted by molar-refractivity contribution is 0.0976. The summed E-state index contributed by atoms with van der Waals surface area (Å²) in [5.41, 5.74) is 3.54. The molecule has 1 aromatic heterocycles. The van der Waals surface area contributed by atoms with Gasteiger partial charge in [0.15, 0.2) is 4.77 Å². The summed E-state index contributed by atoms with van der Waals surface area (Å²) >= 11 is 5.38. The summed E-state index contributed by atoms with van der Waals surface area (Å²) in [5, 5.41) is 0. The molecule has 1 N–H and O–H groups in total. The quantitative estimate of drug-likeness (QED) is 0.827. The predicted molar refractivity (Wildman–Crippen MR) is 70.8 cm³/mol. The molecule has 1 aromatic carbocycles. The molecule has 0 saturated carbocycles. The molecule has 0 aliphatic carbocycles. The molecule has 2 aromatic rings. The Balaban J connectivity index is 2.02. The van der Waals surface area contributed by atoms with Crippen LogP contribution in [0, 0.1) is 11.7 Å². The van der Waals surface area contributed by atoms with E-state index in [1.165, 1.54) is 17.5 Å². The Morgan fingerprint density at radius 2 is 2.41 bits per heavy atom. The molecule has 17 heavy (non-hydrogen) atoms. The van der Waals surface area contributed by atoms with Crippen LogP contribution in [0.4, 0.5) is 0 Å². The Labute approximate surface area is 105 Å². The maximum absolute atomic E-state index is 5.67. The van der Waals surface area contributed by atoms with E-state index >= 15 is 0 Å². The van der Waals surface area contributed by atoms with Crippen molar-refractivity contribution in [1.29, 1.82) is 0 Å². The van der Waals surface area contributed by atoms with Gasteiger partial charge in [0.1, 0.15) is 0 Å².